The van der Waals surface area contributed by atoms with Crippen LogP contribution >= 0.6 is 23.2 Å². The molecule has 124 valence electrons. The average molecular weight is 370 g/mol. The topological polar surface area (TPSA) is 42.2 Å². The monoisotopic (exact) mass is 369 g/mol. The summed E-state index contributed by atoms with van der Waals surface area (Å²) in [5, 5.41) is 6.90. The van der Waals surface area contributed by atoms with Gasteiger partial charge < -0.3 is 9.73 Å². The van der Waals surface area contributed by atoms with E-state index in [1.807, 2.05) is 36.4 Å². The van der Waals surface area contributed by atoms with Crippen molar-refractivity contribution in [2.75, 3.05) is 5.32 Å². The molecule has 25 heavy (non-hydrogen) atoms. The summed E-state index contributed by atoms with van der Waals surface area (Å²) >= 11 is 12.0. The van der Waals surface area contributed by atoms with Crippen molar-refractivity contribution in [2.45, 2.75) is 6.42 Å². The molecule has 0 bridgehead atoms. The average Bonchev–Trinajstić information content (AvgIpc) is 3.01. The number of furan rings is 1. The predicted molar refractivity (Wildman–Crippen MR) is 103 cm³/mol. The molecule has 4 rings (SSSR count). The van der Waals surface area contributed by atoms with Gasteiger partial charge in [-0.3, -0.25) is 4.79 Å². The van der Waals surface area contributed by atoms with Crippen LogP contribution in [0, 0.1) is 0 Å². The molecular weight excluding hydrogens is 357 g/mol. The molecule has 0 saturated carbocycles. The first-order valence-corrected chi connectivity index (χ1v) is 8.50. The number of nitrogens with one attached hydrogen (secondary N) is 1. The van der Waals surface area contributed by atoms with Gasteiger partial charge in [-0.05, 0) is 35.0 Å². The number of hydrogen-bond donors (Lipinski definition) is 1. The van der Waals surface area contributed by atoms with E-state index < -0.39 is 0 Å². The molecule has 0 aliphatic rings. The van der Waals surface area contributed by atoms with Gasteiger partial charge in [0.05, 0.1) is 23.4 Å². The number of carbonyl (C=O) groups excluding carboxylic acids is 1. The molecular formula is C20H13Cl2NO2. The van der Waals surface area contributed by atoms with Crippen LogP contribution in [0.4, 0.5) is 5.69 Å². The van der Waals surface area contributed by atoms with Gasteiger partial charge in [0.1, 0.15) is 5.58 Å². The molecule has 3 aromatic carbocycles. The van der Waals surface area contributed by atoms with E-state index in [2.05, 4.69) is 5.32 Å². The van der Waals surface area contributed by atoms with Gasteiger partial charge in [0, 0.05) is 16.0 Å². The Hall–Kier alpha value is -2.49. The van der Waals surface area contributed by atoms with Gasteiger partial charge >= 0.3 is 0 Å². The molecule has 0 spiro atoms. The lowest BCUT2D eigenvalue weighted by Crippen LogP contribution is -2.14. The lowest BCUT2D eigenvalue weighted by atomic mass is 10.0. The summed E-state index contributed by atoms with van der Waals surface area (Å²) in [6.45, 7) is 0. The number of benzene rings is 3. The van der Waals surface area contributed by atoms with Crippen LogP contribution in [-0.4, -0.2) is 5.91 Å². The fourth-order valence-electron chi connectivity index (χ4n) is 2.96. The van der Waals surface area contributed by atoms with Crippen molar-refractivity contribution < 1.29 is 9.21 Å². The Bertz CT molecular complexity index is 1100. The van der Waals surface area contributed by atoms with Crippen LogP contribution in [0.2, 0.25) is 10.0 Å². The minimum Gasteiger partial charge on any atom is -0.464 e. The minimum absolute atomic E-state index is 0.167. The number of amides is 1. The maximum absolute atomic E-state index is 12.5. The Morgan fingerprint density at radius 3 is 2.72 bits per heavy atom. The fraction of sp³-hybridized carbons (Fsp3) is 0.0500. The van der Waals surface area contributed by atoms with Crippen molar-refractivity contribution in [2.24, 2.45) is 0 Å². The molecule has 1 N–H and O–H groups in total. The highest BCUT2D eigenvalue weighted by atomic mass is 35.5. The molecule has 0 atom stereocenters. The van der Waals surface area contributed by atoms with Crippen LogP contribution in [0.3, 0.4) is 0 Å². The summed E-state index contributed by atoms with van der Waals surface area (Å²) in [4.78, 5) is 12.5. The third-order valence-electron chi connectivity index (χ3n) is 4.10. The van der Waals surface area contributed by atoms with Gasteiger partial charge in [-0.2, -0.15) is 0 Å². The quantitative estimate of drug-likeness (QED) is 0.475. The van der Waals surface area contributed by atoms with E-state index in [4.69, 9.17) is 27.6 Å². The Labute approximate surface area is 154 Å². The first-order chi connectivity index (χ1) is 12.1. The number of rotatable bonds is 3. The molecule has 1 amide bonds. The molecule has 1 aromatic heterocycles. The van der Waals surface area contributed by atoms with Gasteiger partial charge in [-0.25, -0.2) is 0 Å². The Balaban J connectivity index is 1.66. The first kappa shape index (κ1) is 16.0. The van der Waals surface area contributed by atoms with Crippen LogP contribution in [0.5, 0.6) is 0 Å². The first-order valence-electron chi connectivity index (χ1n) is 7.74. The van der Waals surface area contributed by atoms with E-state index in [-0.39, 0.29) is 12.3 Å². The largest absolute Gasteiger partial charge is 0.464 e. The van der Waals surface area contributed by atoms with Gasteiger partial charge in [-0.15, -0.1) is 0 Å². The SMILES string of the molecule is O=C(Cc1coc2ccc3ccccc3c12)Nc1ccc(Cl)cc1Cl. The predicted octanol–water partition coefficient (Wildman–Crippen LogP) is 6.07. The van der Waals surface area contributed by atoms with E-state index in [1.54, 1.807) is 24.5 Å². The molecule has 0 fully saturated rings. The normalized spacial score (nSPS) is 11.1. The Morgan fingerprint density at radius 2 is 1.88 bits per heavy atom. The summed E-state index contributed by atoms with van der Waals surface area (Å²) in [7, 11) is 0. The summed E-state index contributed by atoms with van der Waals surface area (Å²) in [6, 6.07) is 16.9. The summed E-state index contributed by atoms with van der Waals surface area (Å²) in [5.74, 6) is -0.167. The number of halogens is 2. The lowest BCUT2D eigenvalue weighted by Gasteiger charge is -2.07. The number of hydrogen-bond acceptors (Lipinski definition) is 2. The number of fused-ring (bicyclic) bond motifs is 3. The van der Waals surface area contributed by atoms with Crippen LogP contribution < -0.4 is 5.32 Å². The van der Waals surface area contributed by atoms with E-state index in [0.29, 0.717) is 15.7 Å². The van der Waals surface area contributed by atoms with E-state index in [1.165, 1.54) is 0 Å². The van der Waals surface area contributed by atoms with E-state index in [9.17, 15) is 4.79 Å². The van der Waals surface area contributed by atoms with Crippen LogP contribution in [0.25, 0.3) is 21.7 Å². The molecule has 0 unspecified atom stereocenters. The molecule has 5 heteroatoms. The third kappa shape index (κ3) is 3.09. The molecule has 4 aromatic rings. The zero-order valence-electron chi connectivity index (χ0n) is 13.1. The van der Waals surface area contributed by atoms with Crippen LogP contribution in [0.1, 0.15) is 5.56 Å². The number of carbonyl (C=O) groups is 1. The molecule has 0 aliphatic carbocycles. The van der Waals surface area contributed by atoms with Gasteiger partial charge in [0.25, 0.3) is 0 Å². The smallest absolute Gasteiger partial charge is 0.228 e. The second kappa shape index (κ2) is 6.43. The van der Waals surface area contributed by atoms with Crippen molar-refractivity contribution in [3.05, 3.63) is 76.5 Å². The standard InChI is InChI=1S/C20H13Cl2NO2/c21-14-6-7-17(16(22)10-14)23-19(24)9-13-11-25-18-8-5-12-3-1-2-4-15(12)20(13)18/h1-8,10-11H,9H2,(H,23,24). The zero-order chi connectivity index (χ0) is 17.4. The zero-order valence-corrected chi connectivity index (χ0v) is 14.6. The number of anilines is 1. The molecule has 0 saturated heterocycles. The second-order valence-corrected chi connectivity index (χ2v) is 6.61. The van der Waals surface area contributed by atoms with Gasteiger partial charge in [0.15, 0.2) is 0 Å². The second-order valence-electron chi connectivity index (χ2n) is 5.77. The van der Waals surface area contributed by atoms with Crippen molar-refractivity contribution in [1.82, 2.24) is 0 Å². The molecule has 1 heterocycles. The highest BCUT2D eigenvalue weighted by molar-refractivity contribution is 6.36. The van der Waals surface area contributed by atoms with Gasteiger partial charge in [0.2, 0.25) is 5.91 Å². The highest BCUT2D eigenvalue weighted by Gasteiger charge is 2.14. The van der Waals surface area contributed by atoms with E-state index in [0.717, 1.165) is 27.3 Å². The maximum atomic E-state index is 12.5. The van der Waals surface area contributed by atoms with Crippen LogP contribution in [-0.2, 0) is 11.2 Å². The minimum atomic E-state index is -0.167. The van der Waals surface area contributed by atoms with Crippen molar-refractivity contribution in [1.29, 1.82) is 0 Å². The van der Waals surface area contributed by atoms with Crippen molar-refractivity contribution in [3.8, 4) is 0 Å². The third-order valence-corrected chi connectivity index (χ3v) is 4.64. The lowest BCUT2D eigenvalue weighted by molar-refractivity contribution is -0.115. The summed E-state index contributed by atoms with van der Waals surface area (Å²) in [5.41, 5.74) is 2.15. The van der Waals surface area contributed by atoms with E-state index >= 15 is 0 Å². The molecule has 3 nitrogen and oxygen atoms in total. The highest BCUT2D eigenvalue weighted by Crippen LogP contribution is 2.31. The fourth-order valence-corrected chi connectivity index (χ4v) is 3.42. The van der Waals surface area contributed by atoms with Gasteiger partial charge in [-0.1, -0.05) is 53.5 Å². The summed E-state index contributed by atoms with van der Waals surface area (Å²) in [6.07, 6.45) is 1.83. The summed E-state index contributed by atoms with van der Waals surface area (Å²) < 4.78 is 5.62. The Morgan fingerprint density at radius 1 is 1.04 bits per heavy atom. The molecule has 0 aliphatic heterocycles. The Kier molecular flexibility index (Phi) is 4.12. The van der Waals surface area contributed by atoms with Crippen molar-refractivity contribution in [3.63, 3.8) is 0 Å². The maximum Gasteiger partial charge on any atom is 0.228 e. The molecule has 0 radical (unpaired) electrons. The van der Waals surface area contributed by atoms with Crippen LogP contribution in [0.15, 0.2) is 65.3 Å². The van der Waals surface area contributed by atoms with Crippen molar-refractivity contribution >= 4 is 56.5 Å².